The molecule has 0 bridgehead atoms. The van der Waals surface area contributed by atoms with E-state index < -0.39 is 30.1 Å². The minimum Gasteiger partial charge on any atom is -0.387 e. The molecule has 0 spiro atoms. The van der Waals surface area contributed by atoms with Crippen LogP contribution in [-0.4, -0.2) is 53.4 Å². The summed E-state index contributed by atoms with van der Waals surface area (Å²) in [5.74, 6) is 0.182. The second kappa shape index (κ2) is 7.37. The van der Waals surface area contributed by atoms with Crippen LogP contribution in [0.4, 0.5) is 5.82 Å². The Morgan fingerprint density at radius 2 is 1.90 bits per heavy atom. The van der Waals surface area contributed by atoms with Crippen molar-refractivity contribution in [2.45, 2.75) is 37.1 Å². The van der Waals surface area contributed by atoms with E-state index in [2.05, 4.69) is 9.97 Å². The van der Waals surface area contributed by atoms with Gasteiger partial charge in [-0.05, 0) is 30.7 Å². The van der Waals surface area contributed by atoms with Gasteiger partial charge in [0.25, 0.3) is 0 Å². The Balaban J connectivity index is 1.70. The molecule has 1 fully saturated rings. The summed E-state index contributed by atoms with van der Waals surface area (Å²) >= 11 is 12.0. The van der Waals surface area contributed by atoms with Crippen LogP contribution in [0.2, 0.25) is 10.0 Å². The maximum Gasteiger partial charge on any atom is 0.164 e. The highest BCUT2D eigenvalue weighted by Crippen LogP contribution is 2.41. The number of fused-ring (bicyclic) bond motifs is 1. The van der Waals surface area contributed by atoms with Crippen molar-refractivity contribution in [1.82, 2.24) is 14.5 Å². The van der Waals surface area contributed by atoms with Crippen LogP contribution in [0.15, 0.2) is 36.8 Å². The third-order valence-electron chi connectivity index (χ3n) is 5.19. The quantitative estimate of drug-likeness (QED) is 0.389. The van der Waals surface area contributed by atoms with Gasteiger partial charge in [-0.1, -0.05) is 29.3 Å². The number of nitrogens with one attached hydrogen (secondary N) is 1. The molecule has 11 heteroatoms. The average molecular weight is 441 g/mol. The third kappa shape index (κ3) is 3.24. The van der Waals surface area contributed by atoms with Crippen LogP contribution in [0.3, 0.4) is 0 Å². The third-order valence-corrected chi connectivity index (χ3v) is 5.92. The Hall–Kier alpha value is -1.98. The molecule has 2 aromatic heterocycles. The Labute approximate surface area is 175 Å². The zero-order valence-electron chi connectivity index (χ0n) is 15.1. The summed E-state index contributed by atoms with van der Waals surface area (Å²) in [6, 6.07) is 6.21. The van der Waals surface area contributed by atoms with Gasteiger partial charge in [-0.15, -0.1) is 0 Å². The van der Waals surface area contributed by atoms with Crippen LogP contribution < -0.4 is 5.48 Å². The topological polar surface area (TPSA) is 133 Å². The fourth-order valence-corrected chi connectivity index (χ4v) is 3.89. The van der Waals surface area contributed by atoms with Crippen LogP contribution in [0.1, 0.15) is 18.7 Å². The predicted octanol–water partition coefficient (Wildman–Crippen LogP) is 2.07. The summed E-state index contributed by atoms with van der Waals surface area (Å²) in [5.41, 5.74) is 1.03. The molecule has 0 aliphatic carbocycles. The summed E-state index contributed by atoms with van der Waals surface area (Å²) < 4.78 is 7.39. The number of ether oxygens (including phenoxy) is 1. The first kappa shape index (κ1) is 20.3. The van der Waals surface area contributed by atoms with Crippen LogP contribution in [-0.2, 0) is 10.3 Å². The SMILES string of the molecule is C[C@@](O)(c1ccc(Cl)c(Cl)c1)[C@H]1O[C@@H](n2ccc3c(NO)ncnc32)[C@H](O)[C@@H]1O. The molecule has 5 atom stereocenters. The number of hydrogen-bond acceptors (Lipinski definition) is 8. The number of aromatic nitrogens is 3. The number of anilines is 1. The van der Waals surface area contributed by atoms with E-state index in [0.717, 1.165) is 0 Å². The Kier molecular flexibility index (Phi) is 5.16. The summed E-state index contributed by atoms with van der Waals surface area (Å²) in [7, 11) is 0. The standard InChI is InChI=1S/C18H18Cl2N4O5/c1-18(27,8-2-3-10(19)11(20)6-8)14-12(25)13(26)17(29-14)24-5-4-9-15(23-28)21-7-22-16(9)24/h2-7,12-14,17,25-28H,1H3,(H,21,22,23)/t12-,13+,14-,17+,18+/m0/s1. The minimum absolute atomic E-state index is 0.182. The average Bonchev–Trinajstić information content (AvgIpc) is 3.25. The molecule has 9 nitrogen and oxygen atoms in total. The van der Waals surface area contributed by atoms with Crippen molar-refractivity contribution < 1.29 is 25.3 Å². The Morgan fingerprint density at radius 1 is 1.14 bits per heavy atom. The van der Waals surface area contributed by atoms with Gasteiger partial charge in [0.1, 0.15) is 35.9 Å². The second-order valence-electron chi connectivity index (χ2n) is 7.00. The van der Waals surface area contributed by atoms with Gasteiger partial charge in [-0.3, -0.25) is 10.7 Å². The summed E-state index contributed by atoms with van der Waals surface area (Å²) in [6.45, 7) is 1.46. The van der Waals surface area contributed by atoms with Gasteiger partial charge in [-0.2, -0.15) is 0 Å². The summed E-state index contributed by atoms with van der Waals surface area (Å²) in [4.78, 5) is 8.06. The molecular formula is C18H18Cl2N4O5. The molecule has 0 saturated carbocycles. The molecular weight excluding hydrogens is 423 g/mol. The number of aliphatic hydroxyl groups excluding tert-OH is 2. The zero-order chi connectivity index (χ0) is 20.9. The van der Waals surface area contributed by atoms with Crippen molar-refractivity contribution in [1.29, 1.82) is 0 Å². The molecule has 0 radical (unpaired) electrons. The molecule has 0 amide bonds. The number of aliphatic hydroxyl groups is 3. The maximum atomic E-state index is 11.1. The lowest BCUT2D eigenvalue weighted by atomic mass is 9.87. The highest BCUT2D eigenvalue weighted by molar-refractivity contribution is 6.42. The molecule has 1 aliphatic heterocycles. The van der Waals surface area contributed by atoms with Gasteiger partial charge < -0.3 is 24.6 Å². The van der Waals surface area contributed by atoms with Crippen LogP contribution in [0, 0.1) is 0 Å². The molecule has 4 rings (SSSR count). The van der Waals surface area contributed by atoms with E-state index in [9.17, 15) is 20.5 Å². The Morgan fingerprint density at radius 3 is 2.59 bits per heavy atom. The number of halogens is 2. The molecule has 1 aliphatic rings. The minimum atomic E-state index is -1.68. The van der Waals surface area contributed by atoms with Gasteiger partial charge in [0, 0.05) is 6.20 Å². The van der Waals surface area contributed by atoms with Gasteiger partial charge in [0.2, 0.25) is 0 Å². The first-order chi connectivity index (χ1) is 13.8. The summed E-state index contributed by atoms with van der Waals surface area (Å²) in [5, 5.41) is 42.6. The molecule has 0 unspecified atom stereocenters. The monoisotopic (exact) mass is 440 g/mol. The van der Waals surface area contributed by atoms with Gasteiger partial charge >= 0.3 is 0 Å². The first-order valence-electron chi connectivity index (χ1n) is 8.67. The normalized spacial score (nSPS) is 26.6. The van der Waals surface area contributed by atoms with E-state index in [4.69, 9.17) is 27.9 Å². The predicted molar refractivity (Wildman–Crippen MR) is 105 cm³/mol. The summed E-state index contributed by atoms with van der Waals surface area (Å²) in [6.07, 6.45) is -2.16. The molecule has 3 heterocycles. The van der Waals surface area contributed by atoms with Gasteiger partial charge in [0.05, 0.1) is 15.4 Å². The van der Waals surface area contributed by atoms with Crippen molar-refractivity contribution in [3.8, 4) is 0 Å². The van der Waals surface area contributed by atoms with E-state index in [1.165, 1.54) is 30.0 Å². The Bertz CT molecular complexity index is 1060. The van der Waals surface area contributed by atoms with Gasteiger partial charge in [0.15, 0.2) is 12.0 Å². The largest absolute Gasteiger partial charge is 0.387 e. The molecule has 29 heavy (non-hydrogen) atoms. The van der Waals surface area contributed by atoms with Crippen molar-refractivity contribution in [3.63, 3.8) is 0 Å². The van der Waals surface area contributed by atoms with E-state index in [-0.39, 0.29) is 10.8 Å². The van der Waals surface area contributed by atoms with Crippen molar-refractivity contribution in [3.05, 3.63) is 52.4 Å². The van der Waals surface area contributed by atoms with Crippen molar-refractivity contribution >= 4 is 40.1 Å². The highest BCUT2D eigenvalue weighted by atomic mass is 35.5. The molecule has 5 N–H and O–H groups in total. The van der Waals surface area contributed by atoms with Crippen molar-refractivity contribution in [2.75, 3.05) is 5.48 Å². The lowest BCUT2D eigenvalue weighted by molar-refractivity contribution is -0.135. The van der Waals surface area contributed by atoms with E-state index >= 15 is 0 Å². The van der Waals surface area contributed by atoms with Gasteiger partial charge in [-0.25, -0.2) is 9.97 Å². The van der Waals surface area contributed by atoms with E-state index in [0.29, 0.717) is 21.6 Å². The van der Waals surface area contributed by atoms with Crippen LogP contribution in [0.25, 0.3) is 11.0 Å². The van der Waals surface area contributed by atoms with Crippen LogP contribution >= 0.6 is 23.2 Å². The van der Waals surface area contributed by atoms with Crippen molar-refractivity contribution in [2.24, 2.45) is 0 Å². The van der Waals surface area contributed by atoms with Crippen LogP contribution in [0.5, 0.6) is 0 Å². The molecule has 1 saturated heterocycles. The fourth-order valence-electron chi connectivity index (χ4n) is 3.59. The number of rotatable bonds is 4. The van der Waals surface area contributed by atoms with E-state index in [1.807, 2.05) is 5.48 Å². The second-order valence-corrected chi connectivity index (χ2v) is 7.81. The van der Waals surface area contributed by atoms with E-state index in [1.54, 1.807) is 18.3 Å². The molecule has 1 aromatic carbocycles. The fraction of sp³-hybridized carbons (Fsp3) is 0.333. The smallest absolute Gasteiger partial charge is 0.164 e. The highest BCUT2D eigenvalue weighted by Gasteiger charge is 2.52. The lowest BCUT2D eigenvalue weighted by Crippen LogP contribution is -2.45. The maximum absolute atomic E-state index is 11.1. The molecule has 3 aromatic rings. The number of nitrogens with zero attached hydrogens (tertiary/aromatic N) is 3. The zero-order valence-corrected chi connectivity index (χ0v) is 16.6. The number of benzene rings is 1. The molecule has 154 valence electrons. The lowest BCUT2D eigenvalue weighted by Gasteiger charge is -2.32. The number of hydrogen-bond donors (Lipinski definition) is 5. The first-order valence-corrected chi connectivity index (χ1v) is 9.42.